The number of piperazine rings is 1. The van der Waals surface area contributed by atoms with E-state index in [1.54, 1.807) is 6.07 Å². The van der Waals surface area contributed by atoms with E-state index in [0.29, 0.717) is 12.1 Å². The largest absolute Gasteiger partial charge is 0.417 e. The summed E-state index contributed by atoms with van der Waals surface area (Å²) >= 11 is 6.03. The maximum atomic E-state index is 13.2. The van der Waals surface area contributed by atoms with Crippen molar-refractivity contribution in [2.45, 2.75) is 26.7 Å². The highest BCUT2D eigenvalue weighted by Crippen LogP contribution is 2.23. The number of hydrogen-bond acceptors (Lipinski definition) is 6. The van der Waals surface area contributed by atoms with E-state index in [1.807, 2.05) is 0 Å². The zero-order valence-corrected chi connectivity index (χ0v) is 20.2. The number of benzene rings is 2. The summed E-state index contributed by atoms with van der Waals surface area (Å²) in [5.41, 5.74) is 4.57. The Hall–Kier alpha value is -2.97. The van der Waals surface area contributed by atoms with Gasteiger partial charge >= 0.3 is 11.8 Å². The molecule has 2 aromatic carbocycles. The number of rotatable bonds is 8. The van der Waals surface area contributed by atoms with Crippen LogP contribution in [0.15, 0.2) is 40.8 Å². The first-order valence-corrected chi connectivity index (χ1v) is 11.9. The van der Waals surface area contributed by atoms with Crippen molar-refractivity contribution in [3.63, 3.8) is 0 Å². The van der Waals surface area contributed by atoms with Gasteiger partial charge in [-0.3, -0.25) is 9.69 Å². The van der Waals surface area contributed by atoms with Crippen LogP contribution >= 0.6 is 11.6 Å². The number of amides is 1. The van der Waals surface area contributed by atoms with E-state index in [-0.39, 0.29) is 23.2 Å². The zero-order valence-electron chi connectivity index (χ0n) is 19.5. The van der Waals surface area contributed by atoms with Gasteiger partial charge in [0.05, 0.1) is 6.42 Å². The van der Waals surface area contributed by atoms with Gasteiger partial charge in [0.25, 0.3) is 0 Å². The number of carbonyl (C=O) groups is 1. The Kier molecular flexibility index (Phi) is 7.80. The first-order chi connectivity index (χ1) is 16.4. The van der Waals surface area contributed by atoms with Gasteiger partial charge in [-0.25, -0.2) is 4.39 Å². The molecule has 1 N–H and O–H groups in total. The molecule has 1 aromatic heterocycles. The summed E-state index contributed by atoms with van der Waals surface area (Å²) in [6, 6.07) is 10.7. The van der Waals surface area contributed by atoms with Gasteiger partial charge in [0.2, 0.25) is 5.89 Å². The van der Waals surface area contributed by atoms with Crippen LogP contribution in [0.3, 0.4) is 0 Å². The van der Waals surface area contributed by atoms with E-state index >= 15 is 0 Å². The molecule has 0 radical (unpaired) electrons. The number of halogens is 2. The molecule has 0 atom stereocenters. The lowest BCUT2D eigenvalue weighted by molar-refractivity contribution is 0.0915. The second-order valence-corrected chi connectivity index (χ2v) is 9.05. The highest BCUT2D eigenvalue weighted by Gasteiger charge is 2.19. The zero-order chi connectivity index (χ0) is 24.1. The van der Waals surface area contributed by atoms with Crippen molar-refractivity contribution < 1.29 is 13.6 Å². The van der Waals surface area contributed by atoms with Crippen LogP contribution in [-0.4, -0.2) is 60.3 Å². The first kappa shape index (κ1) is 24.2. The molecule has 1 fully saturated rings. The van der Waals surface area contributed by atoms with Crippen molar-refractivity contribution in [3.8, 4) is 0 Å². The third-order valence-electron chi connectivity index (χ3n) is 6.03. The summed E-state index contributed by atoms with van der Waals surface area (Å²) in [7, 11) is 0. The maximum Gasteiger partial charge on any atom is 0.308 e. The van der Waals surface area contributed by atoms with Crippen molar-refractivity contribution in [3.05, 3.63) is 75.7 Å². The number of hydrogen-bond donors (Lipinski definition) is 1. The third-order valence-corrected chi connectivity index (χ3v) is 6.38. The molecule has 0 aliphatic carbocycles. The molecule has 1 aliphatic rings. The van der Waals surface area contributed by atoms with E-state index in [4.69, 9.17) is 16.0 Å². The summed E-state index contributed by atoms with van der Waals surface area (Å²) < 4.78 is 18.6. The molecule has 0 unspecified atom stereocenters. The average Bonchev–Trinajstić information content (AvgIpc) is 3.29. The Bertz CT molecular complexity index is 1140. The predicted octanol–water partition coefficient (Wildman–Crippen LogP) is 4.01. The minimum Gasteiger partial charge on any atom is -0.417 e. The number of nitrogens with zero attached hydrogens (tertiary/aromatic N) is 4. The van der Waals surface area contributed by atoms with Gasteiger partial charge in [-0.05, 0) is 61.7 Å². The molecule has 9 heteroatoms. The number of carbonyl (C=O) groups excluding carboxylic acids is 1. The van der Waals surface area contributed by atoms with Crippen LogP contribution in [0.4, 0.5) is 10.1 Å². The number of aromatic nitrogens is 2. The molecular formula is C25H29ClFN5O2. The molecule has 180 valence electrons. The standard InChI is InChI=1S/C25H29ClFN5O2/c1-17-4-5-18(2)22(14-17)32-12-10-31(11-13-32)9-3-8-28-24(33)25-30-29-23(34-25)15-19-6-7-20(27)16-21(19)26/h4-7,14,16H,3,8-13,15H2,1-2H3,(H,28,33). The molecule has 0 bridgehead atoms. The van der Waals surface area contributed by atoms with E-state index in [9.17, 15) is 9.18 Å². The van der Waals surface area contributed by atoms with E-state index < -0.39 is 11.7 Å². The molecule has 4 rings (SSSR count). The lowest BCUT2D eigenvalue weighted by atomic mass is 10.1. The fraction of sp³-hybridized carbons (Fsp3) is 0.400. The van der Waals surface area contributed by atoms with Crippen molar-refractivity contribution in [1.82, 2.24) is 20.4 Å². The third kappa shape index (κ3) is 6.12. The fourth-order valence-electron chi connectivity index (χ4n) is 4.10. The Morgan fingerprint density at radius 1 is 1.12 bits per heavy atom. The average molecular weight is 486 g/mol. The van der Waals surface area contributed by atoms with Crippen molar-refractivity contribution in [1.29, 1.82) is 0 Å². The molecule has 7 nitrogen and oxygen atoms in total. The van der Waals surface area contributed by atoms with Crippen LogP contribution in [0.2, 0.25) is 5.02 Å². The Morgan fingerprint density at radius 3 is 2.68 bits per heavy atom. The molecule has 0 spiro atoms. The van der Waals surface area contributed by atoms with E-state index in [1.165, 1.54) is 28.9 Å². The maximum absolute atomic E-state index is 13.2. The molecule has 1 amide bonds. The SMILES string of the molecule is Cc1ccc(C)c(N2CCN(CCCNC(=O)c3nnc(Cc4ccc(F)cc4Cl)o3)CC2)c1. The normalized spacial score (nSPS) is 14.4. The molecule has 1 saturated heterocycles. The second-order valence-electron chi connectivity index (χ2n) is 8.64. The lowest BCUT2D eigenvalue weighted by Gasteiger charge is -2.37. The predicted molar refractivity (Wildman–Crippen MR) is 130 cm³/mol. The van der Waals surface area contributed by atoms with Gasteiger partial charge in [0, 0.05) is 43.4 Å². The molecule has 2 heterocycles. The topological polar surface area (TPSA) is 74.5 Å². The highest BCUT2D eigenvalue weighted by atomic mass is 35.5. The highest BCUT2D eigenvalue weighted by molar-refractivity contribution is 6.31. The van der Waals surface area contributed by atoms with Crippen LogP contribution in [0.5, 0.6) is 0 Å². The summed E-state index contributed by atoms with van der Waals surface area (Å²) in [4.78, 5) is 17.2. The molecule has 0 saturated carbocycles. The molecular weight excluding hydrogens is 457 g/mol. The Labute approximate surface area is 203 Å². The molecule has 1 aliphatic heterocycles. The summed E-state index contributed by atoms with van der Waals surface area (Å²) in [6.45, 7) is 9.73. The number of anilines is 1. The number of nitrogens with one attached hydrogen (secondary N) is 1. The van der Waals surface area contributed by atoms with Crippen molar-refractivity contribution in [2.24, 2.45) is 0 Å². The second kappa shape index (κ2) is 11.0. The summed E-state index contributed by atoms with van der Waals surface area (Å²) in [5, 5.41) is 10.8. The van der Waals surface area contributed by atoms with Crippen molar-refractivity contribution >= 4 is 23.2 Å². The smallest absolute Gasteiger partial charge is 0.308 e. The summed E-state index contributed by atoms with van der Waals surface area (Å²) in [5.74, 6) is -0.651. The minimum atomic E-state index is -0.414. The van der Waals surface area contributed by atoms with Gasteiger partial charge < -0.3 is 14.6 Å². The van der Waals surface area contributed by atoms with Gasteiger partial charge in [0.15, 0.2) is 0 Å². The van der Waals surface area contributed by atoms with E-state index in [0.717, 1.165) is 39.1 Å². The number of aryl methyl sites for hydroxylation is 2. The van der Waals surface area contributed by atoms with Crippen LogP contribution in [-0.2, 0) is 6.42 Å². The van der Waals surface area contributed by atoms with Gasteiger partial charge in [-0.15, -0.1) is 10.2 Å². The van der Waals surface area contributed by atoms with Crippen LogP contribution in [0.25, 0.3) is 0 Å². The van der Waals surface area contributed by atoms with E-state index in [2.05, 4.69) is 57.4 Å². The van der Waals surface area contributed by atoms with Gasteiger partial charge in [0.1, 0.15) is 5.82 Å². The van der Waals surface area contributed by atoms with Crippen LogP contribution in [0, 0.1) is 19.7 Å². The van der Waals surface area contributed by atoms with Crippen molar-refractivity contribution in [2.75, 3.05) is 44.2 Å². The summed E-state index contributed by atoms with van der Waals surface area (Å²) in [6.07, 6.45) is 1.06. The van der Waals surface area contributed by atoms with Crippen LogP contribution < -0.4 is 10.2 Å². The van der Waals surface area contributed by atoms with Crippen LogP contribution in [0.1, 0.15) is 39.7 Å². The van der Waals surface area contributed by atoms with Gasteiger partial charge in [-0.1, -0.05) is 29.8 Å². The Morgan fingerprint density at radius 2 is 1.91 bits per heavy atom. The lowest BCUT2D eigenvalue weighted by Crippen LogP contribution is -2.47. The quantitative estimate of drug-likeness (QED) is 0.486. The fourth-order valence-corrected chi connectivity index (χ4v) is 4.33. The van der Waals surface area contributed by atoms with Gasteiger partial charge in [-0.2, -0.15) is 0 Å². The molecule has 34 heavy (non-hydrogen) atoms. The first-order valence-electron chi connectivity index (χ1n) is 11.5. The molecule has 3 aromatic rings. The minimum absolute atomic E-state index is 0.0876. The monoisotopic (exact) mass is 485 g/mol. The Balaban J connectivity index is 1.18.